The molecule has 0 saturated carbocycles. The number of amides is 1. The van der Waals surface area contributed by atoms with Crippen LogP contribution >= 0.6 is 11.8 Å². The minimum absolute atomic E-state index is 0.113. The SMILES string of the molecule is CC(C)N(C)C(=O)CSc1ccc(O)c2ccccc12. The molecule has 2 rings (SSSR count). The molecule has 1 N–H and O–H groups in total. The van der Waals surface area contributed by atoms with E-state index in [1.54, 1.807) is 11.0 Å². The third-order valence-corrected chi connectivity index (χ3v) is 4.44. The van der Waals surface area contributed by atoms with Crippen molar-refractivity contribution in [1.29, 1.82) is 0 Å². The first-order chi connectivity index (χ1) is 9.50. The lowest BCUT2D eigenvalue weighted by Crippen LogP contribution is -2.34. The van der Waals surface area contributed by atoms with Crippen LogP contribution < -0.4 is 0 Å². The first-order valence-electron chi connectivity index (χ1n) is 6.60. The average molecular weight is 289 g/mol. The maximum atomic E-state index is 12.0. The van der Waals surface area contributed by atoms with Crippen molar-refractivity contribution in [2.75, 3.05) is 12.8 Å². The van der Waals surface area contributed by atoms with E-state index in [1.807, 2.05) is 51.2 Å². The molecule has 20 heavy (non-hydrogen) atoms. The molecule has 106 valence electrons. The van der Waals surface area contributed by atoms with E-state index in [-0.39, 0.29) is 17.7 Å². The number of fused-ring (bicyclic) bond motifs is 1. The van der Waals surface area contributed by atoms with Crippen LogP contribution in [0, 0.1) is 0 Å². The summed E-state index contributed by atoms with van der Waals surface area (Å²) in [7, 11) is 1.82. The second-order valence-electron chi connectivity index (χ2n) is 5.02. The molecule has 3 nitrogen and oxygen atoms in total. The first-order valence-corrected chi connectivity index (χ1v) is 7.58. The Morgan fingerprint density at radius 1 is 1.20 bits per heavy atom. The summed E-state index contributed by atoms with van der Waals surface area (Å²) >= 11 is 1.51. The predicted molar refractivity (Wildman–Crippen MR) is 84.2 cm³/mol. The number of rotatable bonds is 4. The van der Waals surface area contributed by atoms with Gasteiger partial charge in [0, 0.05) is 23.4 Å². The molecule has 0 aliphatic heterocycles. The van der Waals surface area contributed by atoms with Gasteiger partial charge in [-0.1, -0.05) is 24.3 Å². The van der Waals surface area contributed by atoms with E-state index >= 15 is 0 Å². The summed E-state index contributed by atoms with van der Waals surface area (Å²) in [6, 6.07) is 11.4. The third-order valence-electron chi connectivity index (χ3n) is 3.38. The molecule has 0 aliphatic rings. The quantitative estimate of drug-likeness (QED) is 0.876. The smallest absolute Gasteiger partial charge is 0.232 e. The minimum Gasteiger partial charge on any atom is -0.507 e. The summed E-state index contributed by atoms with van der Waals surface area (Å²) in [6.07, 6.45) is 0. The highest BCUT2D eigenvalue weighted by molar-refractivity contribution is 8.00. The van der Waals surface area contributed by atoms with Crippen LogP contribution in [-0.4, -0.2) is 34.8 Å². The summed E-state index contributed by atoms with van der Waals surface area (Å²) in [5.74, 6) is 0.793. The topological polar surface area (TPSA) is 40.5 Å². The Labute approximate surface area is 123 Å². The molecule has 0 fully saturated rings. The molecule has 1 amide bonds. The van der Waals surface area contributed by atoms with Crippen LogP contribution in [0.1, 0.15) is 13.8 Å². The number of hydrogen-bond acceptors (Lipinski definition) is 3. The van der Waals surface area contributed by atoms with E-state index in [9.17, 15) is 9.90 Å². The van der Waals surface area contributed by atoms with Gasteiger partial charge in [0.15, 0.2) is 0 Å². The summed E-state index contributed by atoms with van der Waals surface area (Å²) in [4.78, 5) is 14.8. The highest BCUT2D eigenvalue weighted by Crippen LogP contribution is 2.33. The monoisotopic (exact) mass is 289 g/mol. The van der Waals surface area contributed by atoms with Gasteiger partial charge in [0.1, 0.15) is 5.75 Å². The van der Waals surface area contributed by atoms with Gasteiger partial charge in [0.2, 0.25) is 5.91 Å². The van der Waals surface area contributed by atoms with Crippen molar-refractivity contribution in [1.82, 2.24) is 4.90 Å². The van der Waals surface area contributed by atoms with Crippen LogP contribution in [0.2, 0.25) is 0 Å². The molecule has 0 aliphatic carbocycles. The molecule has 0 unspecified atom stereocenters. The second-order valence-corrected chi connectivity index (χ2v) is 6.03. The van der Waals surface area contributed by atoms with Gasteiger partial charge >= 0.3 is 0 Å². The van der Waals surface area contributed by atoms with Crippen molar-refractivity contribution in [3.63, 3.8) is 0 Å². The van der Waals surface area contributed by atoms with Crippen molar-refractivity contribution >= 4 is 28.4 Å². The molecule has 0 radical (unpaired) electrons. The minimum atomic E-state index is 0.113. The lowest BCUT2D eigenvalue weighted by Gasteiger charge is -2.21. The van der Waals surface area contributed by atoms with Crippen molar-refractivity contribution in [2.45, 2.75) is 24.8 Å². The summed E-state index contributed by atoms with van der Waals surface area (Å²) in [6.45, 7) is 4.00. The van der Waals surface area contributed by atoms with E-state index in [2.05, 4.69) is 0 Å². The largest absolute Gasteiger partial charge is 0.507 e. The molecular formula is C16H19NO2S. The van der Waals surface area contributed by atoms with Crippen LogP contribution in [0.15, 0.2) is 41.3 Å². The van der Waals surface area contributed by atoms with Gasteiger partial charge in [-0.2, -0.15) is 0 Å². The fraction of sp³-hybridized carbons (Fsp3) is 0.312. The Morgan fingerprint density at radius 2 is 1.85 bits per heavy atom. The summed E-state index contributed by atoms with van der Waals surface area (Å²) < 4.78 is 0. The predicted octanol–water partition coefficient (Wildman–Crippen LogP) is 3.50. The molecule has 0 heterocycles. The van der Waals surface area contributed by atoms with Crippen LogP contribution in [0.3, 0.4) is 0 Å². The van der Waals surface area contributed by atoms with E-state index in [1.165, 1.54) is 11.8 Å². The number of benzene rings is 2. The van der Waals surface area contributed by atoms with Crippen LogP contribution in [-0.2, 0) is 4.79 Å². The van der Waals surface area contributed by atoms with Gasteiger partial charge in [-0.15, -0.1) is 11.8 Å². The number of thioether (sulfide) groups is 1. The highest BCUT2D eigenvalue weighted by atomic mass is 32.2. The number of nitrogens with zero attached hydrogens (tertiary/aromatic N) is 1. The summed E-state index contributed by atoms with van der Waals surface area (Å²) in [5, 5.41) is 11.7. The number of phenols is 1. The van der Waals surface area contributed by atoms with Crippen LogP contribution in [0.4, 0.5) is 0 Å². The highest BCUT2D eigenvalue weighted by Gasteiger charge is 2.13. The Morgan fingerprint density at radius 3 is 2.50 bits per heavy atom. The van der Waals surface area contributed by atoms with Crippen molar-refractivity contribution in [2.24, 2.45) is 0 Å². The molecule has 2 aromatic carbocycles. The number of carbonyl (C=O) groups is 1. The Balaban J connectivity index is 2.19. The van der Waals surface area contributed by atoms with Crippen LogP contribution in [0.5, 0.6) is 5.75 Å². The fourth-order valence-electron chi connectivity index (χ4n) is 1.91. The molecule has 2 aromatic rings. The summed E-state index contributed by atoms with van der Waals surface area (Å²) in [5.41, 5.74) is 0. The maximum absolute atomic E-state index is 12.0. The zero-order chi connectivity index (χ0) is 14.7. The van der Waals surface area contributed by atoms with Crippen molar-refractivity contribution in [3.05, 3.63) is 36.4 Å². The molecule has 0 aromatic heterocycles. The van der Waals surface area contributed by atoms with Gasteiger partial charge in [-0.05, 0) is 31.4 Å². The molecular weight excluding hydrogens is 270 g/mol. The molecule has 0 atom stereocenters. The van der Waals surface area contributed by atoms with Gasteiger partial charge in [-0.25, -0.2) is 0 Å². The zero-order valence-corrected chi connectivity index (χ0v) is 12.8. The number of hydrogen-bond donors (Lipinski definition) is 1. The Bertz CT molecular complexity index is 625. The molecule has 4 heteroatoms. The van der Waals surface area contributed by atoms with Gasteiger partial charge < -0.3 is 10.0 Å². The third kappa shape index (κ3) is 3.07. The van der Waals surface area contributed by atoms with Gasteiger partial charge in [-0.3, -0.25) is 4.79 Å². The van der Waals surface area contributed by atoms with Crippen molar-refractivity contribution in [3.8, 4) is 5.75 Å². The standard InChI is InChI=1S/C16H19NO2S/c1-11(2)17(3)16(19)10-20-15-9-8-14(18)12-6-4-5-7-13(12)15/h4-9,11,18H,10H2,1-3H3. The van der Waals surface area contributed by atoms with Gasteiger partial charge in [0.05, 0.1) is 5.75 Å². The van der Waals surface area contributed by atoms with Crippen LogP contribution in [0.25, 0.3) is 10.8 Å². The average Bonchev–Trinajstić information content (AvgIpc) is 2.45. The lowest BCUT2D eigenvalue weighted by molar-refractivity contribution is -0.128. The van der Waals surface area contributed by atoms with E-state index in [4.69, 9.17) is 0 Å². The number of carbonyl (C=O) groups excluding carboxylic acids is 1. The van der Waals surface area contributed by atoms with Crippen molar-refractivity contribution < 1.29 is 9.90 Å². The van der Waals surface area contributed by atoms with E-state index in [0.29, 0.717) is 5.75 Å². The Kier molecular flexibility index (Phi) is 4.55. The normalized spacial score (nSPS) is 11.0. The zero-order valence-electron chi connectivity index (χ0n) is 12.0. The van der Waals surface area contributed by atoms with Gasteiger partial charge in [0.25, 0.3) is 0 Å². The fourth-order valence-corrected chi connectivity index (χ4v) is 2.89. The molecule has 0 bridgehead atoms. The second kappa shape index (κ2) is 6.18. The molecule has 0 spiro atoms. The lowest BCUT2D eigenvalue weighted by atomic mass is 10.1. The number of aromatic hydroxyl groups is 1. The van der Waals surface area contributed by atoms with E-state index in [0.717, 1.165) is 15.7 Å². The maximum Gasteiger partial charge on any atom is 0.232 e. The Hall–Kier alpha value is -1.68. The molecule has 0 saturated heterocycles. The van der Waals surface area contributed by atoms with E-state index < -0.39 is 0 Å². The first kappa shape index (κ1) is 14.7. The number of phenolic OH excluding ortho intramolecular Hbond substituents is 1.